The molecule has 0 aliphatic heterocycles. The van der Waals surface area contributed by atoms with Crippen LogP contribution in [0.25, 0.3) is 0 Å². The van der Waals surface area contributed by atoms with Crippen molar-refractivity contribution in [2.24, 2.45) is 11.1 Å². The summed E-state index contributed by atoms with van der Waals surface area (Å²) >= 11 is 1.58. The fourth-order valence-corrected chi connectivity index (χ4v) is 3.40. The Morgan fingerprint density at radius 2 is 2.18 bits per heavy atom. The van der Waals surface area contributed by atoms with Crippen molar-refractivity contribution in [3.05, 3.63) is 16.1 Å². The summed E-state index contributed by atoms with van der Waals surface area (Å²) in [5, 5.41) is 2.93. The van der Waals surface area contributed by atoms with E-state index in [1.54, 1.807) is 11.3 Å². The van der Waals surface area contributed by atoms with Gasteiger partial charge in [0.2, 0.25) is 0 Å². The Kier molecular flexibility index (Phi) is 3.94. The molecule has 0 radical (unpaired) electrons. The second-order valence-electron chi connectivity index (χ2n) is 5.03. The van der Waals surface area contributed by atoms with Crippen LogP contribution in [0.4, 0.5) is 0 Å². The largest absolute Gasteiger partial charge is 0.329 e. The van der Waals surface area contributed by atoms with Gasteiger partial charge in [-0.15, -0.1) is 11.3 Å². The number of thiazole rings is 1. The van der Waals surface area contributed by atoms with Crippen molar-refractivity contribution in [2.45, 2.75) is 45.4 Å². The molecule has 3 nitrogen and oxygen atoms in total. The molecular formula is C13H20N2OS. The Bertz CT molecular complexity index is 394. The molecule has 1 aliphatic carbocycles. The van der Waals surface area contributed by atoms with Gasteiger partial charge in [0.15, 0.2) is 0 Å². The van der Waals surface area contributed by atoms with E-state index in [0.29, 0.717) is 18.7 Å². The summed E-state index contributed by atoms with van der Waals surface area (Å²) in [7, 11) is 0. The molecule has 1 aromatic heterocycles. The molecule has 1 aromatic rings. The average Bonchev–Trinajstić information content (AvgIpc) is 2.75. The lowest BCUT2D eigenvalue weighted by molar-refractivity contribution is -0.129. The summed E-state index contributed by atoms with van der Waals surface area (Å²) in [5.41, 5.74) is 6.61. The quantitative estimate of drug-likeness (QED) is 0.895. The number of aryl methyl sites for hydroxylation is 1. The Balaban J connectivity index is 2.07. The number of carbonyl (C=O) groups is 1. The molecule has 0 aromatic carbocycles. The fraction of sp³-hybridized carbons (Fsp3) is 0.692. The van der Waals surface area contributed by atoms with Crippen molar-refractivity contribution in [1.29, 1.82) is 0 Å². The Morgan fingerprint density at radius 3 is 2.71 bits per heavy atom. The Hall–Kier alpha value is -0.740. The summed E-state index contributed by atoms with van der Waals surface area (Å²) < 4.78 is 0. The average molecular weight is 252 g/mol. The van der Waals surface area contributed by atoms with Crippen LogP contribution in [0.15, 0.2) is 5.38 Å². The van der Waals surface area contributed by atoms with E-state index in [0.717, 1.165) is 36.4 Å². The van der Waals surface area contributed by atoms with Gasteiger partial charge in [-0.25, -0.2) is 4.98 Å². The van der Waals surface area contributed by atoms with Gasteiger partial charge in [0.25, 0.3) is 0 Å². The number of nitrogens with zero attached hydrogens (tertiary/aromatic N) is 1. The van der Waals surface area contributed by atoms with Gasteiger partial charge in [0.1, 0.15) is 10.8 Å². The molecule has 0 atom stereocenters. The van der Waals surface area contributed by atoms with Crippen LogP contribution in [0.1, 0.15) is 42.8 Å². The minimum atomic E-state index is -0.252. The minimum absolute atomic E-state index is 0.252. The van der Waals surface area contributed by atoms with Crippen LogP contribution in [0.5, 0.6) is 0 Å². The third-order valence-electron chi connectivity index (χ3n) is 3.77. The number of hydrogen-bond donors (Lipinski definition) is 1. The van der Waals surface area contributed by atoms with Crippen molar-refractivity contribution in [3.63, 3.8) is 0 Å². The summed E-state index contributed by atoms with van der Waals surface area (Å²) in [6.45, 7) is 2.46. The highest BCUT2D eigenvalue weighted by Gasteiger charge is 2.37. The van der Waals surface area contributed by atoms with Crippen LogP contribution in [-0.2, 0) is 11.2 Å². The molecule has 2 rings (SSSR count). The standard InChI is InChI=1S/C13H20N2OS/c1-10-8-17-12(15-10)7-11(16)13(9-14)5-3-2-4-6-13/h8H,2-7,9,14H2,1H3. The molecule has 2 N–H and O–H groups in total. The van der Waals surface area contributed by atoms with E-state index in [9.17, 15) is 4.79 Å². The zero-order chi connectivity index (χ0) is 12.3. The lowest BCUT2D eigenvalue weighted by Crippen LogP contribution is -2.41. The van der Waals surface area contributed by atoms with E-state index in [4.69, 9.17) is 5.73 Å². The van der Waals surface area contributed by atoms with Gasteiger partial charge in [-0.2, -0.15) is 0 Å². The molecule has 94 valence electrons. The van der Waals surface area contributed by atoms with Crippen LogP contribution in [0, 0.1) is 12.3 Å². The molecular weight excluding hydrogens is 232 g/mol. The highest BCUT2D eigenvalue weighted by Crippen LogP contribution is 2.37. The van der Waals surface area contributed by atoms with E-state index in [1.165, 1.54) is 6.42 Å². The Morgan fingerprint density at radius 1 is 1.47 bits per heavy atom. The summed E-state index contributed by atoms with van der Waals surface area (Å²) in [5.74, 6) is 0.300. The van der Waals surface area contributed by atoms with Crippen LogP contribution >= 0.6 is 11.3 Å². The lowest BCUT2D eigenvalue weighted by Gasteiger charge is -2.34. The summed E-state index contributed by atoms with van der Waals surface area (Å²) in [6.07, 6.45) is 5.92. The van der Waals surface area contributed by atoms with Crippen molar-refractivity contribution < 1.29 is 4.79 Å². The molecule has 0 bridgehead atoms. The van der Waals surface area contributed by atoms with Gasteiger partial charge < -0.3 is 5.73 Å². The normalized spacial score (nSPS) is 19.2. The number of ketones is 1. The second-order valence-corrected chi connectivity index (χ2v) is 5.97. The number of rotatable bonds is 4. The molecule has 1 fully saturated rings. The summed E-state index contributed by atoms with van der Waals surface area (Å²) in [4.78, 5) is 16.8. The first-order valence-corrected chi connectivity index (χ1v) is 7.19. The number of aromatic nitrogens is 1. The first kappa shape index (κ1) is 12.7. The van der Waals surface area contributed by atoms with E-state index < -0.39 is 0 Å². The van der Waals surface area contributed by atoms with Crippen molar-refractivity contribution >= 4 is 17.1 Å². The van der Waals surface area contributed by atoms with Crippen LogP contribution in [0.3, 0.4) is 0 Å². The third-order valence-corrected chi connectivity index (χ3v) is 4.74. The molecule has 4 heteroatoms. The fourth-order valence-electron chi connectivity index (χ4n) is 2.63. The van der Waals surface area contributed by atoms with Gasteiger partial charge in [-0.05, 0) is 19.8 Å². The molecule has 0 saturated heterocycles. The van der Waals surface area contributed by atoms with Gasteiger partial charge >= 0.3 is 0 Å². The van der Waals surface area contributed by atoms with E-state index >= 15 is 0 Å². The molecule has 17 heavy (non-hydrogen) atoms. The van der Waals surface area contributed by atoms with Crippen molar-refractivity contribution in [3.8, 4) is 0 Å². The van der Waals surface area contributed by atoms with Gasteiger partial charge in [0.05, 0.1) is 6.42 Å². The monoisotopic (exact) mass is 252 g/mol. The molecule has 1 heterocycles. The SMILES string of the molecule is Cc1csc(CC(=O)C2(CN)CCCCC2)n1. The minimum Gasteiger partial charge on any atom is -0.329 e. The molecule has 0 spiro atoms. The number of nitrogens with two attached hydrogens (primary N) is 1. The zero-order valence-corrected chi connectivity index (χ0v) is 11.2. The molecule has 1 saturated carbocycles. The van der Waals surface area contributed by atoms with Gasteiger partial charge in [-0.1, -0.05) is 19.3 Å². The first-order chi connectivity index (χ1) is 8.16. The van der Waals surface area contributed by atoms with Crippen LogP contribution in [0.2, 0.25) is 0 Å². The zero-order valence-electron chi connectivity index (χ0n) is 10.4. The highest BCUT2D eigenvalue weighted by molar-refractivity contribution is 7.09. The molecule has 0 amide bonds. The topological polar surface area (TPSA) is 56.0 Å². The number of carbonyl (C=O) groups excluding carboxylic acids is 1. The maximum absolute atomic E-state index is 12.4. The Labute approximate surface area is 106 Å². The molecule has 1 aliphatic rings. The van der Waals surface area contributed by atoms with Crippen molar-refractivity contribution in [2.75, 3.05) is 6.54 Å². The van der Waals surface area contributed by atoms with E-state index in [1.807, 2.05) is 12.3 Å². The maximum Gasteiger partial charge on any atom is 0.147 e. The highest BCUT2D eigenvalue weighted by atomic mass is 32.1. The second kappa shape index (κ2) is 5.27. The number of hydrogen-bond acceptors (Lipinski definition) is 4. The van der Waals surface area contributed by atoms with Gasteiger partial charge in [-0.3, -0.25) is 4.79 Å². The maximum atomic E-state index is 12.4. The van der Waals surface area contributed by atoms with Gasteiger partial charge in [0, 0.05) is 23.0 Å². The smallest absolute Gasteiger partial charge is 0.147 e. The van der Waals surface area contributed by atoms with Crippen LogP contribution in [-0.4, -0.2) is 17.3 Å². The van der Waals surface area contributed by atoms with Crippen molar-refractivity contribution in [1.82, 2.24) is 4.98 Å². The lowest BCUT2D eigenvalue weighted by atomic mass is 9.70. The number of Topliss-reactive ketones (excluding diaryl/α,β-unsaturated/α-hetero) is 1. The summed E-state index contributed by atoms with van der Waals surface area (Å²) in [6, 6.07) is 0. The predicted molar refractivity (Wildman–Crippen MR) is 70.1 cm³/mol. The first-order valence-electron chi connectivity index (χ1n) is 6.31. The van der Waals surface area contributed by atoms with E-state index in [-0.39, 0.29) is 5.41 Å². The van der Waals surface area contributed by atoms with E-state index in [2.05, 4.69) is 4.98 Å². The van der Waals surface area contributed by atoms with Crippen LogP contribution < -0.4 is 5.73 Å². The predicted octanol–water partition coefficient (Wildman–Crippen LogP) is 2.47. The third kappa shape index (κ3) is 2.75. The molecule has 0 unspecified atom stereocenters.